The third-order valence-corrected chi connectivity index (χ3v) is 3.40. The van der Waals surface area contributed by atoms with E-state index < -0.39 is 0 Å². The van der Waals surface area contributed by atoms with Crippen molar-refractivity contribution in [2.45, 2.75) is 19.9 Å². The van der Waals surface area contributed by atoms with Crippen LogP contribution in [-0.4, -0.2) is 5.91 Å². The van der Waals surface area contributed by atoms with Crippen LogP contribution < -0.4 is 5.32 Å². The summed E-state index contributed by atoms with van der Waals surface area (Å²) in [7, 11) is 0. The van der Waals surface area contributed by atoms with Gasteiger partial charge in [0.1, 0.15) is 11.6 Å². The van der Waals surface area contributed by atoms with Crippen molar-refractivity contribution in [3.8, 4) is 6.07 Å². The maximum absolute atomic E-state index is 12.2. The Hall–Kier alpha value is -2.86. The molecule has 1 atom stereocenters. The zero-order chi connectivity index (χ0) is 15.9. The molecule has 0 aliphatic heterocycles. The van der Waals surface area contributed by atoms with Crippen molar-refractivity contribution in [3.05, 3.63) is 76.9 Å². The molecule has 0 heterocycles. The Bertz CT molecular complexity index is 709. The predicted octanol–water partition coefficient (Wildman–Crippen LogP) is 3.78. The lowest BCUT2D eigenvalue weighted by Gasteiger charge is -2.13. The summed E-state index contributed by atoms with van der Waals surface area (Å²) in [6.45, 7) is 3.89. The highest BCUT2D eigenvalue weighted by atomic mass is 16.1. The van der Waals surface area contributed by atoms with Crippen LogP contribution in [0.2, 0.25) is 0 Å². The van der Waals surface area contributed by atoms with E-state index in [9.17, 15) is 10.1 Å². The van der Waals surface area contributed by atoms with Gasteiger partial charge in [-0.15, -0.1) is 0 Å². The lowest BCUT2D eigenvalue weighted by Crippen LogP contribution is -2.27. The van der Waals surface area contributed by atoms with E-state index in [4.69, 9.17) is 0 Å². The number of nitrogens with zero attached hydrogens (tertiary/aromatic N) is 1. The molecule has 1 amide bonds. The molecule has 0 saturated heterocycles. The second kappa shape index (κ2) is 7.24. The molecule has 0 aliphatic carbocycles. The molecule has 0 fully saturated rings. The molecular formula is C19H18N2O. The minimum atomic E-state index is -0.362. The Kier molecular flexibility index (Phi) is 5.11. The van der Waals surface area contributed by atoms with E-state index in [1.165, 1.54) is 0 Å². The van der Waals surface area contributed by atoms with Gasteiger partial charge in [0, 0.05) is 0 Å². The van der Waals surface area contributed by atoms with Gasteiger partial charge in [-0.25, -0.2) is 0 Å². The second-order valence-corrected chi connectivity index (χ2v) is 5.19. The van der Waals surface area contributed by atoms with E-state index in [0.29, 0.717) is 0 Å². The Morgan fingerprint density at radius 3 is 2.36 bits per heavy atom. The van der Waals surface area contributed by atoms with Gasteiger partial charge in [0.05, 0.1) is 6.04 Å². The van der Waals surface area contributed by atoms with Crippen LogP contribution in [0.3, 0.4) is 0 Å². The van der Waals surface area contributed by atoms with Gasteiger partial charge in [0.25, 0.3) is 5.91 Å². The number of hydrogen-bond donors (Lipinski definition) is 1. The third kappa shape index (κ3) is 4.07. The summed E-state index contributed by atoms with van der Waals surface area (Å²) in [5, 5.41) is 12.1. The molecule has 2 aromatic rings. The summed E-state index contributed by atoms with van der Waals surface area (Å²) in [4.78, 5) is 12.2. The molecule has 0 bridgehead atoms. The molecule has 3 nitrogen and oxygen atoms in total. The van der Waals surface area contributed by atoms with Gasteiger partial charge in [-0.05, 0) is 31.1 Å². The molecule has 1 N–H and O–H groups in total. The molecular weight excluding hydrogens is 272 g/mol. The highest BCUT2D eigenvalue weighted by Crippen LogP contribution is 2.13. The van der Waals surface area contributed by atoms with E-state index in [-0.39, 0.29) is 17.5 Å². The van der Waals surface area contributed by atoms with Gasteiger partial charge < -0.3 is 5.32 Å². The van der Waals surface area contributed by atoms with Crippen LogP contribution in [0.5, 0.6) is 0 Å². The van der Waals surface area contributed by atoms with Crippen molar-refractivity contribution in [1.29, 1.82) is 5.26 Å². The fourth-order valence-corrected chi connectivity index (χ4v) is 2.08. The summed E-state index contributed by atoms with van der Waals surface area (Å²) in [6.07, 6.45) is 1.60. The van der Waals surface area contributed by atoms with Crippen LogP contribution in [0, 0.1) is 18.3 Å². The first-order valence-electron chi connectivity index (χ1n) is 7.14. The van der Waals surface area contributed by atoms with Crippen LogP contribution in [0.1, 0.15) is 29.7 Å². The number of hydrogen-bond acceptors (Lipinski definition) is 2. The van der Waals surface area contributed by atoms with Gasteiger partial charge in [-0.3, -0.25) is 4.79 Å². The number of benzene rings is 2. The van der Waals surface area contributed by atoms with Gasteiger partial charge >= 0.3 is 0 Å². The van der Waals surface area contributed by atoms with Crippen molar-refractivity contribution >= 4 is 12.0 Å². The molecule has 0 radical (unpaired) electrons. The Balaban J connectivity index is 2.12. The van der Waals surface area contributed by atoms with E-state index in [0.717, 1.165) is 16.7 Å². The average molecular weight is 290 g/mol. The number of amides is 1. The fourth-order valence-electron chi connectivity index (χ4n) is 2.08. The Morgan fingerprint density at radius 1 is 1.14 bits per heavy atom. The molecule has 110 valence electrons. The lowest BCUT2D eigenvalue weighted by atomic mass is 10.1. The summed E-state index contributed by atoms with van der Waals surface area (Å²) >= 11 is 0. The highest BCUT2D eigenvalue weighted by molar-refractivity contribution is 6.01. The second-order valence-electron chi connectivity index (χ2n) is 5.19. The van der Waals surface area contributed by atoms with Gasteiger partial charge in [0.15, 0.2) is 0 Å². The molecule has 0 unspecified atom stereocenters. The van der Waals surface area contributed by atoms with Crippen molar-refractivity contribution in [2.24, 2.45) is 0 Å². The lowest BCUT2D eigenvalue weighted by molar-refractivity contribution is -0.117. The van der Waals surface area contributed by atoms with Crippen LogP contribution >= 0.6 is 0 Å². The Labute approximate surface area is 130 Å². The van der Waals surface area contributed by atoms with E-state index in [2.05, 4.69) is 5.32 Å². The topological polar surface area (TPSA) is 52.9 Å². The minimum absolute atomic E-state index is 0.103. The van der Waals surface area contributed by atoms with E-state index in [1.807, 2.05) is 74.5 Å². The summed E-state index contributed by atoms with van der Waals surface area (Å²) in [6, 6.07) is 19.2. The number of nitriles is 1. The van der Waals surface area contributed by atoms with Crippen LogP contribution in [0.15, 0.2) is 60.2 Å². The normalized spacial score (nSPS) is 12.3. The summed E-state index contributed by atoms with van der Waals surface area (Å²) < 4.78 is 0. The Morgan fingerprint density at radius 2 is 1.77 bits per heavy atom. The monoisotopic (exact) mass is 290 g/mol. The molecule has 0 aromatic heterocycles. The smallest absolute Gasteiger partial charge is 0.262 e. The quantitative estimate of drug-likeness (QED) is 0.688. The van der Waals surface area contributed by atoms with Crippen molar-refractivity contribution in [1.82, 2.24) is 5.32 Å². The molecule has 2 aromatic carbocycles. The largest absolute Gasteiger partial charge is 0.345 e. The van der Waals surface area contributed by atoms with Gasteiger partial charge in [-0.2, -0.15) is 5.26 Å². The maximum Gasteiger partial charge on any atom is 0.262 e. The number of nitrogens with one attached hydrogen (secondary N) is 1. The zero-order valence-electron chi connectivity index (χ0n) is 12.7. The zero-order valence-corrected chi connectivity index (χ0v) is 12.7. The first kappa shape index (κ1) is 15.5. The molecule has 3 heteroatoms. The van der Waals surface area contributed by atoms with E-state index >= 15 is 0 Å². The molecule has 0 spiro atoms. The molecule has 2 rings (SSSR count). The standard InChI is InChI=1S/C19H18N2O/c1-14-8-10-16(11-9-14)12-18(13-20)19(22)21-15(2)17-6-4-3-5-7-17/h3-12,15H,1-2H3,(H,21,22)/b18-12+/t15-/m1/s1. The first-order chi connectivity index (χ1) is 10.6. The first-order valence-corrected chi connectivity index (χ1v) is 7.14. The maximum atomic E-state index is 12.2. The SMILES string of the molecule is Cc1ccc(/C=C(\C#N)C(=O)N[C@H](C)c2ccccc2)cc1. The van der Waals surface area contributed by atoms with Crippen molar-refractivity contribution in [2.75, 3.05) is 0 Å². The minimum Gasteiger partial charge on any atom is -0.345 e. The van der Waals surface area contributed by atoms with Gasteiger partial charge in [-0.1, -0.05) is 60.2 Å². The van der Waals surface area contributed by atoms with Crippen molar-refractivity contribution in [3.63, 3.8) is 0 Å². The highest BCUT2D eigenvalue weighted by Gasteiger charge is 2.13. The fraction of sp³-hybridized carbons (Fsp3) is 0.158. The van der Waals surface area contributed by atoms with Crippen molar-refractivity contribution < 1.29 is 4.79 Å². The third-order valence-electron chi connectivity index (χ3n) is 3.40. The summed E-state index contributed by atoms with van der Waals surface area (Å²) in [5.41, 5.74) is 3.08. The van der Waals surface area contributed by atoms with Crippen LogP contribution in [-0.2, 0) is 4.79 Å². The van der Waals surface area contributed by atoms with Crippen LogP contribution in [0.4, 0.5) is 0 Å². The van der Waals surface area contributed by atoms with Crippen LogP contribution in [0.25, 0.3) is 6.08 Å². The molecule has 22 heavy (non-hydrogen) atoms. The predicted molar refractivity (Wildman–Crippen MR) is 87.8 cm³/mol. The molecule has 0 saturated carbocycles. The van der Waals surface area contributed by atoms with Gasteiger partial charge in [0.2, 0.25) is 0 Å². The molecule has 0 aliphatic rings. The number of carbonyl (C=O) groups excluding carboxylic acids is 1. The summed E-state index contributed by atoms with van der Waals surface area (Å²) in [5.74, 6) is -0.362. The van der Waals surface area contributed by atoms with E-state index in [1.54, 1.807) is 6.08 Å². The number of carbonyl (C=O) groups is 1. The average Bonchev–Trinajstić information content (AvgIpc) is 2.55. The number of aryl methyl sites for hydroxylation is 1. The number of rotatable bonds is 4.